The normalized spacial score (nSPS) is 10.5. The summed E-state index contributed by atoms with van der Waals surface area (Å²) >= 11 is 11.6. The minimum atomic E-state index is -0.817. The Morgan fingerprint density at radius 2 is 2.00 bits per heavy atom. The number of aryl methyl sites for hydroxylation is 1. The Morgan fingerprint density at radius 1 is 1.29 bits per heavy atom. The van der Waals surface area contributed by atoms with E-state index in [9.17, 15) is 14.5 Å². The average molecular weight is 330 g/mol. The molecule has 0 heterocycles. The van der Waals surface area contributed by atoms with Gasteiger partial charge >= 0.3 is 0 Å². The number of nitro groups is 1. The molecule has 0 bridgehead atoms. The summed E-state index contributed by atoms with van der Waals surface area (Å²) in [7, 11) is 0. The molecule has 0 fully saturated rings. The van der Waals surface area contributed by atoms with E-state index in [0.29, 0.717) is 21.9 Å². The van der Waals surface area contributed by atoms with Gasteiger partial charge in [0.1, 0.15) is 5.75 Å². The summed E-state index contributed by atoms with van der Waals surface area (Å²) in [4.78, 5) is 10.1. The van der Waals surface area contributed by atoms with Crippen LogP contribution in [-0.2, 0) is 5.88 Å². The molecule has 0 radical (unpaired) electrons. The van der Waals surface area contributed by atoms with Crippen LogP contribution in [0.15, 0.2) is 30.3 Å². The maximum Gasteiger partial charge on any atom is 0.275 e. The lowest BCUT2D eigenvalue weighted by Gasteiger charge is -2.11. The summed E-state index contributed by atoms with van der Waals surface area (Å²) in [6.45, 7) is 1.51. The van der Waals surface area contributed by atoms with Crippen LogP contribution in [0.25, 0.3) is 0 Å². The first-order valence-corrected chi connectivity index (χ1v) is 6.80. The van der Waals surface area contributed by atoms with Gasteiger partial charge in [0, 0.05) is 16.1 Å². The van der Waals surface area contributed by atoms with E-state index in [4.69, 9.17) is 27.9 Å². The highest BCUT2D eigenvalue weighted by Gasteiger charge is 2.17. The van der Waals surface area contributed by atoms with Crippen molar-refractivity contribution in [3.63, 3.8) is 0 Å². The summed E-state index contributed by atoms with van der Waals surface area (Å²) in [6, 6.07) is 6.88. The monoisotopic (exact) mass is 329 g/mol. The Bertz CT molecular complexity index is 707. The summed E-state index contributed by atoms with van der Waals surface area (Å²) in [5.74, 6) is -0.431. The molecule has 0 unspecified atom stereocenters. The first-order chi connectivity index (χ1) is 9.92. The summed E-state index contributed by atoms with van der Waals surface area (Å²) in [5.41, 5.74) is 0.603. The van der Waals surface area contributed by atoms with Crippen molar-refractivity contribution in [2.24, 2.45) is 0 Å². The number of nitrogens with zero attached hydrogens (tertiary/aromatic N) is 1. The lowest BCUT2D eigenvalue weighted by atomic mass is 10.2. The Kier molecular flexibility index (Phi) is 4.65. The minimum Gasteiger partial charge on any atom is -0.454 e. The van der Waals surface area contributed by atoms with Crippen molar-refractivity contribution in [2.45, 2.75) is 12.8 Å². The fourth-order valence-electron chi connectivity index (χ4n) is 1.79. The molecule has 2 rings (SSSR count). The van der Waals surface area contributed by atoms with Gasteiger partial charge < -0.3 is 4.74 Å². The summed E-state index contributed by atoms with van der Waals surface area (Å²) in [6.07, 6.45) is 0. The lowest BCUT2D eigenvalue weighted by Crippen LogP contribution is -1.97. The number of rotatable bonds is 4. The first-order valence-electron chi connectivity index (χ1n) is 5.89. The molecule has 21 heavy (non-hydrogen) atoms. The highest BCUT2D eigenvalue weighted by molar-refractivity contribution is 6.30. The van der Waals surface area contributed by atoms with E-state index < -0.39 is 10.7 Å². The zero-order valence-corrected chi connectivity index (χ0v) is 12.4. The van der Waals surface area contributed by atoms with Crippen molar-refractivity contribution < 1.29 is 14.1 Å². The van der Waals surface area contributed by atoms with Crippen LogP contribution < -0.4 is 4.74 Å². The van der Waals surface area contributed by atoms with Crippen molar-refractivity contribution in [1.82, 2.24) is 0 Å². The standard InChI is InChI=1S/C14H10Cl2FNO3/c1-8-4-14(11(17)6-12(8)18(19)20)21-13-3-2-10(16)5-9(13)7-15/h2-6H,7H2,1H3. The van der Waals surface area contributed by atoms with Gasteiger partial charge in [-0.05, 0) is 31.2 Å². The second-order valence-corrected chi connectivity index (χ2v) is 5.02. The van der Waals surface area contributed by atoms with Gasteiger partial charge in [0.2, 0.25) is 0 Å². The molecule has 7 heteroatoms. The maximum atomic E-state index is 13.9. The summed E-state index contributed by atoms with van der Waals surface area (Å²) in [5, 5.41) is 11.2. The second-order valence-electron chi connectivity index (χ2n) is 4.31. The van der Waals surface area contributed by atoms with Crippen molar-refractivity contribution in [3.05, 3.63) is 62.4 Å². The van der Waals surface area contributed by atoms with Crippen LogP contribution in [0, 0.1) is 22.9 Å². The maximum absolute atomic E-state index is 13.9. The van der Waals surface area contributed by atoms with Crippen LogP contribution in [0.3, 0.4) is 0 Å². The third-order valence-corrected chi connectivity index (χ3v) is 3.36. The van der Waals surface area contributed by atoms with Crippen molar-refractivity contribution in [2.75, 3.05) is 0 Å². The summed E-state index contributed by atoms with van der Waals surface area (Å²) < 4.78 is 19.4. The van der Waals surface area contributed by atoms with E-state index in [2.05, 4.69) is 0 Å². The Balaban J connectivity index is 2.41. The molecule has 2 aromatic carbocycles. The third-order valence-electron chi connectivity index (χ3n) is 2.83. The topological polar surface area (TPSA) is 52.4 Å². The van der Waals surface area contributed by atoms with Gasteiger partial charge in [-0.3, -0.25) is 10.1 Å². The molecule has 0 N–H and O–H groups in total. The fraction of sp³-hybridized carbons (Fsp3) is 0.143. The molecule has 0 aliphatic carbocycles. The Hall–Kier alpha value is -1.85. The fourth-order valence-corrected chi connectivity index (χ4v) is 2.19. The molecule has 0 amide bonds. The molecule has 0 aliphatic heterocycles. The zero-order valence-electron chi connectivity index (χ0n) is 10.9. The van der Waals surface area contributed by atoms with Crippen LogP contribution in [0.2, 0.25) is 5.02 Å². The molecule has 0 atom stereocenters. The molecule has 110 valence electrons. The Morgan fingerprint density at radius 3 is 2.62 bits per heavy atom. The number of benzene rings is 2. The van der Waals surface area contributed by atoms with E-state index in [1.165, 1.54) is 13.0 Å². The van der Waals surface area contributed by atoms with Crippen LogP contribution in [-0.4, -0.2) is 4.92 Å². The zero-order chi connectivity index (χ0) is 15.6. The van der Waals surface area contributed by atoms with Gasteiger partial charge in [0.25, 0.3) is 5.69 Å². The number of ether oxygens (including phenoxy) is 1. The van der Waals surface area contributed by atoms with Crippen LogP contribution in [0.4, 0.5) is 10.1 Å². The van der Waals surface area contributed by atoms with E-state index in [-0.39, 0.29) is 17.3 Å². The van der Waals surface area contributed by atoms with E-state index >= 15 is 0 Å². The number of hydrogen-bond acceptors (Lipinski definition) is 3. The SMILES string of the molecule is Cc1cc(Oc2ccc(Cl)cc2CCl)c(F)cc1[N+](=O)[O-]. The number of halogens is 3. The quantitative estimate of drug-likeness (QED) is 0.438. The predicted molar refractivity (Wildman–Crippen MR) is 78.9 cm³/mol. The number of alkyl halides is 1. The number of nitro benzene ring substituents is 1. The lowest BCUT2D eigenvalue weighted by molar-refractivity contribution is -0.385. The Labute approximate surface area is 130 Å². The van der Waals surface area contributed by atoms with Crippen molar-refractivity contribution in [3.8, 4) is 11.5 Å². The minimum absolute atomic E-state index is 0.105. The van der Waals surface area contributed by atoms with Gasteiger partial charge in [-0.2, -0.15) is 0 Å². The van der Waals surface area contributed by atoms with Crippen LogP contribution in [0.5, 0.6) is 11.5 Å². The van der Waals surface area contributed by atoms with Gasteiger partial charge in [-0.1, -0.05) is 11.6 Å². The molecule has 2 aromatic rings. The predicted octanol–water partition coefficient (Wildman–Crippen LogP) is 5.23. The van der Waals surface area contributed by atoms with Crippen molar-refractivity contribution >= 4 is 28.9 Å². The highest BCUT2D eigenvalue weighted by Crippen LogP contribution is 2.33. The van der Waals surface area contributed by atoms with Crippen LogP contribution in [0.1, 0.15) is 11.1 Å². The van der Waals surface area contributed by atoms with Gasteiger partial charge in [0.05, 0.1) is 16.9 Å². The molecule has 4 nitrogen and oxygen atoms in total. The molecular weight excluding hydrogens is 320 g/mol. The molecule has 0 aliphatic rings. The highest BCUT2D eigenvalue weighted by atomic mass is 35.5. The van der Waals surface area contributed by atoms with E-state index in [1.807, 2.05) is 0 Å². The second kappa shape index (κ2) is 6.28. The smallest absolute Gasteiger partial charge is 0.275 e. The molecular formula is C14H10Cl2FNO3. The first kappa shape index (κ1) is 15.5. The van der Waals surface area contributed by atoms with E-state index in [0.717, 1.165) is 6.07 Å². The third kappa shape index (κ3) is 3.43. The molecule has 0 aromatic heterocycles. The number of hydrogen-bond donors (Lipinski definition) is 0. The molecule has 0 saturated carbocycles. The van der Waals surface area contributed by atoms with Gasteiger partial charge in [-0.15, -0.1) is 11.6 Å². The largest absolute Gasteiger partial charge is 0.454 e. The van der Waals surface area contributed by atoms with Gasteiger partial charge in [-0.25, -0.2) is 4.39 Å². The molecule has 0 saturated heterocycles. The molecule has 0 spiro atoms. The van der Waals surface area contributed by atoms with Crippen LogP contribution >= 0.6 is 23.2 Å². The van der Waals surface area contributed by atoms with Gasteiger partial charge in [0.15, 0.2) is 11.6 Å². The average Bonchev–Trinajstić information content (AvgIpc) is 2.43. The van der Waals surface area contributed by atoms with Crippen molar-refractivity contribution in [1.29, 1.82) is 0 Å². The van der Waals surface area contributed by atoms with E-state index in [1.54, 1.807) is 18.2 Å².